The minimum atomic E-state index is -0.515. The van der Waals surface area contributed by atoms with E-state index in [1.54, 1.807) is 0 Å². The highest BCUT2D eigenvalue weighted by atomic mass is 16.5. The molecule has 112 valence electrons. The molecule has 0 aliphatic rings. The molecule has 0 amide bonds. The van der Waals surface area contributed by atoms with Crippen LogP contribution in [0.3, 0.4) is 0 Å². The second-order valence-corrected chi connectivity index (χ2v) is 4.68. The second-order valence-electron chi connectivity index (χ2n) is 4.68. The molecular weight excluding hydrogens is 260 g/mol. The fourth-order valence-electron chi connectivity index (χ4n) is 1.87. The van der Waals surface area contributed by atoms with Gasteiger partial charge in [-0.25, -0.2) is 0 Å². The fraction of sp³-hybridized carbons (Fsp3) is 0.316. The molecule has 0 bridgehead atoms. The average molecular weight is 284 g/mol. The van der Waals surface area contributed by atoms with Gasteiger partial charge in [0, 0.05) is 12.2 Å². The molecule has 1 atom stereocenters. The van der Waals surface area contributed by atoms with Crippen molar-refractivity contribution in [2.45, 2.75) is 33.3 Å². The molecule has 0 heterocycles. The highest BCUT2D eigenvalue weighted by molar-refractivity contribution is 6.00. The number of ketones is 1. The minimum absolute atomic E-state index is 0.00338. The molecule has 0 radical (unpaired) electrons. The fourth-order valence-corrected chi connectivity index (χ4v) is 1.87. The van der Waals surface area contributed by atoms with Crippen molar-refractivity contribution in [2.75, 3.05) is 6.61 Å². The third-order valence-corrected chi connectivity index (χ3v) is 2.73. The maximum absolute atomic E-state index is 12.4. The second kappa shape index (κ2) is 9.89. The third kappa shape index (κ3) is 5.52. The van der Waals surface area contributed by atoms with Crippen molar-refractivity contribution in [3.8, 4) is 0 Å². The summed E-state index contributed by atoms with van der Waals surface area (Å²) in [7, 11) is 0. The van der Waals surface area contributed by atoms with Gasteiger partial charge < -0.3 is 4.74 Å². The molecule has 0 spiro atoms. The molecule has 2 aromatic carbocycles. The van der Waals surface area contributed by atoms with Crippen LogP contribution in [0, 0.1) is 0 Å². The maximum Gasteiger partial charge on any atom is 0.196 e. The summed E-state index contributed by atoms with van der Waals surface area (Å²) in [5, 5.41) is 0. The first-order valence-electron chi connectivity index (χ1n) is 7.50. The Bertz CT molecular complexity index is 506. The van der Waals surface area contributed by atoms with E-state index in [9.17, 15) is 4.79 Å². The molecule has 1 unspecified atom stereocenters. The first-order valence-corrected chi connectivity index (χ1v) is 7.50. The smallest absolute Gasteiger partial charge is 0.196 e. The standard InChI is InChI=1S/C16H16O2.C3H8/c1-2-18-16(14-11-7-4-8-12-14)15(17)13-9-5-3-6-10-13;1-3-2/h3-12,16H,2H2,1H3;3H2,1-2H3. The topological polar surface area (TPSA) is 26.3 Å². The van der Waals surface area contributed by atoms with Crippen LogP contribution in [-0.4, -0.2) is 12.4 Å². The molecule has 0 N–H and O–H groups in total. The monoisotopic (exact) mass is 284 g/mol. The Morgan fingerprint density at radius 3 is 1.86 bits per heavy atom. The van der Waals surface area contributed by atoms with Crippen LogP contribution in [0.25, 0.3) is 0 Å². The molecule has 21 heavy (non-hydrogen) atoms. The lowest BCUT2D eigenvalue weighted by Crippen LogP contribution is -2.16. The van der Waals surface area contributed by atoms with Gasteiger partial charge in [-0.05, 0) is 12.5 Å². The largest absolute Gasteiger partial charge is 0.366 e. The highest BCUT2D eigenvalue weighted by Gasteiger charge is 2.21. The molecule has 2 nitrogen and oxygen atoms in total. The van der Waals surface area contributed by atoms with Gasteiger partial charge in [0.15, 0.2) is 5.78 Å². The summed E-state index contributed by atoms with van der Waals surface area (Å²) in [6.45, 7) is 6.66. The SMILES string of the molecule is CCC.CCOC(C(=O)c1ccccc1)c1ccccc1. The normalized spacial score (nSPS) is 11.2. The Balaban J connectivity index is 0.000000677. The van der Waals surface area contributed by atoms with E-state index in [1.807, 2.05) is 67.6 Å². The first kappa shape index (κ1) is 17.1. The van der Waals surface area contributed by atoms with E-state index >= 15 is 0 Å². The van der Waals surface area contributed by atoms with Crippen LogP contribution in [0.5, 0.6) is 0 Å². The molecule has 0 saturated carbocycles. The summed E-state index contributed by atoms with van der Waals surface area (Å²) in [6.07, 6.45) is 0.735. The molecule has 0 saturated heterocycles. The number of hydrogen-bond donors (Lipinski definition) is 0. The molecule has 2 aromatic rings. The van der Waals surface area contributed by atoms with Crippen molar-refractivity contribution >= 4 is 5.78 Å². The average Bonchev–Trinajstić information content (AvgIpc) is 2.54. The van der Waals surface area contributed by atoms with Crippen molar-refractivity contribution in [3.63, 3.8) is 0 Å². The molecule has 0 fully saturated rings. The van der Waals surface area contributed by atoms with Crippen molar-refractivity contribution in [1.29, 1.82) is 0 Å². The predicted molar refractivity (Wildman–Crippen MR) is 87.5 cm³/mol. The Morgan fingerprint density at radius 1 is 0.905 bits per heavy atom. The third-order valence-electron chi connectivity index (χ3n) is 2.73. The van der Waals surface area contributed by atoms with Gasteiger partial charge in [0.1, 0.15) is 6.10 Å². The maximum atomic E-state index is 12.4. The van der Waals surface area contributed by atoms with Crippen LogP contribution in [0.1, 0.15) is 49.2 Å². The van der Waals surface area contributed by atoms with Crippen molar-refractivity contribution in [1.82, 2.24) is 0 Å². The number of hydrogen-bond acceptors (Lipinski definition) is 2. The van der Waals surface area contributed by atoms with Gasteiger partial charge in [-0.2, -0.15) is 0 Å². The van der Waals surface area contributed by atoms with Gasteiger partial charge in [0.05, 0.1) is 0 Å². The van der Waals surface area contributed by atoms with Crippen LogP contribution >= 0.6 is 0 Å². The lowest BCUT2D eigenvalue weighted by atomic mass is 10.00. The number of benzene rings is 2. The zero-order chi connectivity index (χ0) is 15.5. The van der Waals surface area contributed by atoms with Gasteiger partial charge in [0.25, 0.3) is 0 Å². The van der Waals surface area contributed by atoms with E-state index in [2.05, 4.69) is 13.8 Å². The lowest BCUT2D eigenvalue weighted by molar-refractivity contribution is 0.0452. The van der Waals surface area contributed by atoms with E-state index in [-0.39, 0.29) is 5.78 Å². The van der Waals surface area contributed by atoms with E-state index in [0.717, 1.165) is 5.56 Å². The van der Waals surface area contributed by atoms with Gasteiger partial charge in [0.2, 0.25) is 0 Å². The van der Waals surface area contributed by atoms with Gasteiger partial charge in [-0.15, -0.1) is 0 Å². The summed E-state index contributed by atoms with van der Waals surface area (Å²) in [4.78, 5) is 12.4. The minimum Gasteiger partial charge on any atom is -0.366 e. The number of ether oxygens (including phenoxy) is 1. The zero-order valence-electron chi connectivity index (χ0n) is 13.1. The number of carbonyl (C=O) groups is 1. The summed E-state index contributed by atoms with van der Waals surface area (Å²) >= 11 is 0. The zero-order valence-corrected chi connectivity index (χ0v) is 13.1. The lowest BCUT2D eigenvalue weighted by Gasteiger charge is -2.16. The molecular formula is C19H24O2. The van der Waals surface area contributed by atoms with Crippen LogP contribution in [-0.2, 0) is 4.74 Å². The van der Waals surface area contributed by atoms with Crippen LogP contribution in [0.15, 0.2) is 60.7 Å². The summed E-state index contributed by atoms with van der Waals surface area (Å²) < 4.78 is 5.59. The number of carbonyl (C=O) groups excluding carboxylic acids is 1. The number of rotatable bonds is 5. The van der Waals surface area contributed by atoms with E-state index in [1.165, 1.54) is 6.42 Å². The quantitative estimate of drug-likeness (QED) is 0.717. The molecule has 0 aliphatic carbocycles. The van der Waals surface area contributed by atoms with E-state index in [4.69, 9.17) is 4.74 Å². The predicted octanol–water partition coefficient (Wildman–Crippen LogP) is 5.06. The molecule has 2 heteroatoms. The van der Waals surface area contributed by atoms with E-state index in [0.29, 0.717) is 12.2 Å². The van der Waals surface area contributed by atoms with E-state index < -0.39 is 6.10 Å². The summed E-state index contributed by atoms with van der Waals surface area (Å²) in [5.74, 6) is 0.00338. The first-order chi connectivity index (χ1) is 10.2. The molecule has 2 rings (SSSR count). The summed E-state index contributed by atoms with van der Waals surface area (Å²) in [5.41, 5.74) is 1.58. The Kier molecular flexibility index (Phi) is 8.07. The van der Waals surface area contributed by atoms with Gasteiger partial charge in [-0.3, -0.25) is 4.79 Å². The van der Waals surface area contributed by atoms with Gasteiger partial charge >= 0.3 is 0 Å². The number of Topliss-reactive ketones (excluding diaryl/α,β-unsaturated/α-hetero) is 1. The Hall–Kier alpha value is -1.93. The van der Waals surface area contributed by atoms with Crippen LogP contribution < -0.4 is 0 Å². The Labute approximate surface area is 127 Å². The summed E-state index contributed by atoms with van der Waals surface area (Å²) in [6, 6.07) is 18.9. The molecule has 0 aromatic heterocycles. The van der Waals surface area contributed by atoms with Crippen molar-refractivity contribution < 1.29 is 9.53 Å². The van der Waals surface area contributed by atoms with Crippen LogP contribution in [0.2, 0.25) is 0 Å². The highest BCUT2D eigenvalue weighted by Crippen LogP contribution is 2.22. The molecule has 0 aliphatic heterocycles. The Morgan fingerprint density at radius 2 is 1.38 bits per heavy atom. The van der Waals surface area contributed by atoms with Crippen molar-refractivity contribution in [2.24, 2.45) is 0 Å². The van der Waals surface area contributed by atoms with Gasteiger partial charge in [-0.1, -0.05) is 80.9 Å². The van der Waals surface area contributed by atoms with Crippen LogP contribution in [0.4, 0.5) is 0 Å². The van der Waals surface area contributed by atoms with Crippen molar-refractivity contribution in [3.05, 3.63) is 71.8 Å².